The van der Waals surface area contributed by atoms with Gasteiger partial charge in [0.25, 0.3) is 11.8 Å². The third-order valence-corrected chi connectivity index (χ3v) is 3.72. The molecular weight excluding hydrogens is 339 g/mol. The van der Waals surface area contributed by atoms with Gasteiger partial charge >= 0.3 is 0 Å². The average Bonchev–Trinajstić information content (AvgIpc) is 2.88. The Balaban J connectivity index is 2.35. The zero-order chi connectivity index (χ0) is 17.1. The fourth-order valence-electron chi connectivity index (χ4n) is 2.02. The molecule has 0 bridgehead atoms. The number of hydrogen-bond donors (Lipinski definition) is 1. The fraction of sp³-hybridized carbons (Fsp3) is 0.267. The van der Waals surface area contributed by atoms with Gasteiger partial charge in [-0.3, -0.25) is 14.3 Å². The van der Waals surface area contributed by atoms with Crippen LogP contribution in [0.25, 0.3) is 0 Å². The lowest BCUT2D eigenvalue weighted by atomic mass is 10.2. The summed E-state index contributed by atoms with van der Waals surface area (Å²) in [4.78, 5) is 26.1. The number of anilines is 1. The number of benzene rings is 1. The van der Waals surface area contributed by atoms with E-state index >= 15 is 0 Å². The molecule has 1 heterocycles. The third-order valence-electron chi connectivity index (χ3n) is 3.17. The Morgan fingerprint density at radius 2 is 2.00 bits per heavy atom. The maximum Gasteiger partial charge on any atom is 0.273 e. The van der Waals surface area contributed by atoms with Gasteiger partial charge in [0.2, 0.25) is 0 Å². The molecule has 1 aromatic carbocycles. The Morgan fingerprint density at radius 1 is 1.30 bits per heavy atom. The summed E-state index contributed by atoms with van der Waals surface area (Å²) in [6.45, 7) is 2.37. The third kappa shape index (κ3) is 3.65. The van der Waals surface area contributed by atoms with Gasteiger partial charge in [0, 0.05) is 25.7 Å². The van der Waals surface area contributed by atoms with E-state index in [1.165, 1.54) is 27.9 Å². The highest BCUT2D eigenvalue weighted by Gasteiger charge is 2.22. The van der Waals surface area contributed by atoms with Crippen molar-refractivity contribution in [1.82, 2.24) is 14.7 Å². The minimum absolute atomic E-state index is 0.235. The zero-order valence-corrected chi connectivity index (χ0v) is 14.4. The zero-order valence-electron chi connectivity index (χ0n) is 12.9. The topological polar surface area (TPSA) is 67.2 Å². The van der Waals surface area contributed by atoms with Crippen molar-refractivity contribution < 1.29 is 9.59 Å². The fourth-order valence-corrected chi connectivity index (χ4v) is 2.51. The maximum absolute atomic E-state index is 12.4. The number of hydrogen-bond acceptors (Lipinski definition) is 3. The summed E-state index contributed by atoms with van der Waals surface area (Å²) in [6.07, 6.45) is 1.45. The van der Waals surface area contributed by atoms with Crippen LogP contribution in [-0.2, 0) is 6.54 Å². The van der Waals surface area contributed by atoms with E-state index in [4.69, 9.17) is 23.2 Å². The highest BCUT2D eigenvalue weighted by molar-refractivity contribution is 6.37. The molecule has 2 rings (SSSR count). The van der Waals surface area contributed by atoms with Crippen molar-refractivity contribution in [2.24, 2.45) is 0 Å². The molecule has 23 heavy (non-hydrogen) atoms. The summed E-state index contributed by atoms with van der Waals surface area (Å²) in [6, 6.07) is 4.58. The van der Waals surface area contributed by atoms with Crippen LogP contribution in [0.2, 0.25) is 10.0 Å². The predicted octanol–water partition coefficient (Wildman–Crippen LogP) is 3.16. The molecule has 0 fully saturated rings. The van der Waals surface area contributed by atoms with Crippen molar-refractivity contribution in [3.63, 3.8) is 0 Å². The van der Waals surface area contributed by atoms with Crippen LogP contribution < -0.4 is 5.32 Å². The molecule has 6 nitrogen and oxygen atoms in total. The summed E-state index contributed by atoms with van der Waals surface area (Å²) in [5.41, 5.74) is 0.918. The number of rotatable bonds is 4. The first-order chi connectivity index (χ1) is 10.8. The van der Waals surface area contributed by atoms with Crippen molar-refractivity contribution in [1.29, 1.82) is 0 Å². The van der Waals surface area contributed by atoms with Gasteiger partial charge < -0.3 is 10.2 Å². The Morgan fingerprint density at radius 3 is 2.57 bits per heavy atom. The number of aromatic nitrogens is 2. The van der Waals surface area contributed by atoms with Gasteiger partial charge in [-0.15, -0.1) is 0 Å². The highest BCUT2D eigenvalue weighted by atomic mass is 35.5. The molecule has 1 N–H and O–H groups in total. The minimum atomic E-state index is -0.435. The lowest BCUT2D eigenvalue weighted by Crippen LogP contribution is -2.26. The predicted molar refractivity (Wildman–Crippen MR) is 90.3 cm³/mol. The molecule has 0 atom stereocenters. The molecule has 2 aromatic rings. The number of carbonyl (C=O) groups is 2. The van der Waals surface area contributed by atoms with Crippen LogP contribution in [0.4, 0.5) is 5.69 Å². The van der Waals surface area contributed by atoms with Gasteiger partial charge in [0.15, 0.2) is 0 Å². The molecule has 0 unspecified atom stereocenters. The largest absolute Gasteiger partial charge is 0.343 e. The lowest BCUT2D eigenvalue weighted by molar-refractivity contribution is 0.0816. The van der Waals surface area contributed by atoms with Crippen molar-refractivity contribution in [3.8, 4) is 0 Å². The van der Waals surface area contributed by atoms with Crippen LogP contribution in [0.3, 0.4) is 0 Å². The smallest absolute Gasteiger partial charge is 0.273 e. The van der Waals surface area contributed by atoms with Crippen LogP contribution in [0.1, 0.15) is 27.8 Å². The molecule has 0 saturated heterocycles. The van der Waals surface area contributed by atoms with Crippen LogP contribution >= 0.6 is 23.2 Å². The first-order valence-corrected chi connectivity index (χ1v) is 7.64. The van der Waals surface area contributed by atoms with E-state index in [0.717, 1.165) is 0 Å². The van der Waals surface area contributed by atoms with Gasteiger partial charge in [-0.1, -0.05) is 23.2 Å². The van der Waals surface area contributed by atoms with Crippen molar-refractivity contribution in [2.75, 3.05) is 19.4 Å². The Hall–Kier alpha value is -2.05. The van der Waals surface area contributed by atoms with E-state index in [0.29, 0.717) is 22.9 Å². The normalized spacial score (nSPS) is 10.5. The molecule has 0 aliphatic heterocycles. The molecule has 1 aromatic heterocycles. The Labute approximate surface area is 144 Å². The molecule has 0 aliphatic carbocycles. The van der Waals surface area contributed by atoms with E-state index < -0.39 is 5.91 Å². The quantitative estimate of drug-likeness (QED) is 0.916. The number of nitrogens with zero attached hydrogens (tertiary/aromatic N) is 3. The molecular formula is C15H16Cl2N4O2. The lowest BCUT2D eigenvalue weighted by Gasteiger charge is -2.14. The van der Waals surface area contributed by atoms with E-state index in [1.807, 2.05) is 6.92 Å². The van der Waals surface area contributed by atoms with Crippen LogP contribution in [-0.4, -0.2) is 40.6 Å². The molecule has 0 saturated carbocycles. The Kier molecular flexibility index (Phi) is 5.28. The van der Waals surface area contributed by atoms with Gasteiger partial charge in [0.05, 0.1) is 22.5 Å². The number of nitrogens with one attached hydrogen (secondary N) is 1. The second-order valence-corrected chi connectivity index (χ2v) is 5.84. The highest BCUT2D eigenvalue weighted by Crippen LogP contribution is 2.23. The average molecular weight is 355 g/mol. The molecule has 8 heteroatoms. The number of halogens is 2. The minimum Gasteiger partial charge on any atom is -0.343 e. The van der Waals surface area contributed by atoms with Gasteiger partial charge in [-0.05, 0) is 25.1 Å². The first-order valence-electron chi connectivity index (χ1n) is 6.89. The second-order valence-electron chi connectivity index (χ2n) is 5.00. The maximum atomic E-state index is 12.4. The second kappa shape index (κ2) is 7.02. The van der Waals surface area contributed by atoms with Crippen molar-refractivity contribution in [3.05, 3.63) is 45.7 Å². The van der Waals surface area contributed by atoms with Crippen molar-refractivity contribution in [2.45, 2.75) is 13.5 Å². The van der Waals surface area contributed by atoms with E-state index in [9.17, 15) is 9.59 Å². The van der Waals surface area contributed by atoms with Gasteiger partial charge in [0.1, 0.15) is 5.69 Å². The van der Waals surface area contributed by atoms with E-state index in [2.05, 4.69) is 10.4 Å². The van der Waals surface area contributed by atoms with Crippen LogP contribution in [0.5, 0.6) is 0 Å². The standard InChI is InChI=1S/C15H16Cl2N4O2/c1-4-21-13(15(23)20(2)3)12(8-18-21)19-14(22)10-6-5-9(16)7-11(10)17/h5-8H,4H2,1-3H3,(H,19,22). The summed E-state index contributed by atoms with van der Waals surface area (Å²) in [5, 5.41) is 7.48. The number of carbonyl (C=O) groups excluding carboxylic acids is 2. The SMILES string of the molecule is CCn1ncc(NC(=O)c2ccc(Cl)cc2Cl)c1C(=O)N(C)C. The number of aryl methyl sites for hydroxylation is 1. The molecule has 0 radical (unpaired) electrons. The molecule has 0 aliphatic rings. The Bertz CT molecular complexity index is 756. The number of amides is 2. The van der Waals surface area contributed by atoms with Crippen LogP contribution in [0.15, 0.2) is 24.4 Å². The molecule has 2 amide bonds. The monoisotopic (exact) mass is 354 g/mol. The van der Waals surface area contributed by atoms with Gasteiger partial charge in [-0.25, -0.2) is 0 Å². The summed E-state index contributed by atoms with van der Waals surface area (Å²) < 4.78 is 1.53. The summed E-state index contributed by atoms with van der Waals surface area (Å²) in [7, 11) is 3.27. The van der Waals surface area contributed by atoms with Crippen molar-refractivity contribution >= 4 is 40.7 Å². The van der Waals surface area contributed by atoms with E-state index in [1.54, 1.807) is 20.2 Å². The van der Waals surface area contributed by atoms with Crippen LogP contribution in [0, 0.1) is 0 Å². The van der Waals surface area contributed by atoms with E-state index in [-0.39, 0.29) is 16.5 Å². The molecule has 0 spiro atoms. The molecule has 122 valence electrons. The summed E-state index contributed by atoms with van der Waals surface area (Å²) in [5.74, 6) is -0.683. The van der Waals surface area contributed by atoms with Gasteiger partial charge in [-0.2, -0.15) is 5.10 Å². The first kappa shape index (κ1) is 17.3. The summed E-state index contributed by atoms with van der Waals surface area (Å²) >= 11 is 11.9.